The molecule has 1 amide bonds. The highest BCUT2D eigenvalue weighted by atomic mass is 16.1. The number of nitrogens with zero attached hydrogens (tertiary/aromatic N) is 2. The van der Waals surface area contributed by atoms with Crippen LogP contribution in [-0.4, -0.2) is 15.7 Å². The van der Waals surface area contributed by atoms with Crippen molar-refractivity contribution in [2.75, 3.05) is 0 Å². The molecule has 3 aromatic rings. The molecule has 1 heterocycles. The lowest BCUT2D eigenvalue weighted by Crippen LogP contribution is -2.28. The highest BCUT2D eigenvalue weighted by Crippen LogP contribution is 2.26. The second-order valence-electron chi connectivity index (χ2n) is 7.26. The zero-order chi connectivity index (χ0) is 18.5. The van der Waals surface area contributed by atoms with Gasteiger partial charge in [-0.3, -0.25) is 9.48 Å². The molecule has 1 aliphatic rings. The third kappa shape index (κ3) is 4.27. The lowest BCUT2D eigenvalue weighted by atomic mass is 9.98. The van der Waals surface area contributed by atoms with Gasteiger partial charge in [-0.05, 0) is 41.2 Å². The second-order valence-corrected chi connectivity index (χ2v) is 7.26. The van der Waals surface area contributed by atoms with E-state index in [1.807, 2.05) is 23.0 Å². The molecule has 1 saturated carbocycles. The van der Waals surface area contributed by atoms with E-state index in [4.69, 9.17) is 0 Å². The molecule has 0 radical (unpaired) electrons. The van der Waals surface area contributed by atoms with E-state index in [0.29, 0.717) is 6.54 Å². The van der Waals surface area contributed by atoms with Crippen LogP contribution in [-0.2, 0) is 17.9 Å². The van der Waals surface area contributed by atoms with E-state index in [1.54, 1.807) is 6.20 Å². The third-order valence-electron chi connectivity index (χ3n) is 5.37. The van der Waals surface area contributed by atoms with Crippen LogP contribution in [0.3, 0.4) is 0 Å². The van der Waals surface area contributed by atoms with Crippen LogP contribution in [0.4, 0.5) is 0 Å². The zero-order valence-electron chi connectivity index (χ0n) is 15.5. The molecule has 4 nitrogen and oxygen atoms in total. The van der Waals surface area contributed by atoms with E-state index in [1.165, 1.54) is 29.5 Å². The van der Waals surface area contributed by atoms with Gasteiger partial charge in [0, 0.05) is 24.9 Å². The van der Waals surface area contributed by atoms with Crippen molar-refractivity contribution in [3.05, 3.63) is 78.1 Å². The minimum Gasteiger partial charge on any atom is -0.352 e. The van der Waals surface area contributed by atoms with Crippen molar-refractivity contribution in [2.24, 2.45) is 5.92 Å². The Morgan fingerprint density at radius 3 is 2.56 bits per heavy atom. The standard InChI is InChI=1S/C23H25N3O/c27-23(20-6-1-2-7-20)24-16-21-8-3-4-9-22(21)19-12-10-18(11-13-19)17-26-15-5-14-25-26/h3-5,8-15,20H,1-2,6-7,16-17H2,(H,24,27). The van der Waals surface area contributed by atoms with E-state index in [2.05, 4.69) is 52.9 Å². The lowest BCUT2D eigenvalue weighted by Gasteiger charge is -2.14. The normalized spacial score (nSPS) is 14.4. The molecule has 0 saturated heterocycles. The van der Waals surface area contributed by atoms with Crippen LogP contribution in [0.15, 0.2) is 67.0 Å². The summed E-state index contributed by atoms with van der Waals surface area (Å²) in [4.78, 5) is 12.3. The maximum atomic E-state index is 12.3. The van der Waals surface area contributed by atoms with Gasteiger partial charge in [0.2, 0.25) is 5.91 Å². The van der Waals surface area contributed by atoms with E-state index >= 15 is 0 Å². The van der Waals surface area contributed by atoms with E-state index in [-0.39, 0.29) is 11.8 Å². The monoisotopic (exact) mass is 359 g/mol. The highest BCUT2D eigenvalue weighted by molar-refractivity contribution is 5.79. The predicted molar refractivity (Wildman–Crippen MR) is 107 cm³/mol. The van der Waals surface area contributed by atoms with Gasteiger partial charge in [-0.1, -0.05) is 61.4 Å². The molecule has 0 atom stereocenters. The number of aromatic nitrogens is 2. The Balaban J connectivity index is 1.46. The average molecular weight is 359 g/mol. The van der Waals surface area contributed by atoms with Gasteiger partial charge in [0.15, 0.2) is 0 Å². The smallest absolute Gasteiger partial charge is 0.223 e. The van der Waals surface area contributed by atoms with Crippen molar-refractivity contribution in [3.63, 3.8) is 0 Å². The van der Waals surface area contributed by atoms with Crippen molar-refractivity contribution in [2.45, 2.75) is 38.8 Å². The van der Waals surface area contributed by atoms with Gasteiger partial charge in [-0.15, -0.1) is 0 Å². The van der Waals surface area contributed by atoms with Crippen molar-refractivity contribution in [1.82, 2.24) is 15.1 Å². The molecule has 0 unspecified atom stereocenters. The molecule has 1 N–H and O–H groups in total. The maximum absolute atomic E-state index is 12.3. The second kappa shape index (κ2) is 8.21. The quantitative estimate of drug-likeness (QED) is 0.709. The molecule has 1 aromatic heterocycles. The number of hydrogen-bond acceptors (Lipinski definition) is 2. The molecule has 0 aliphatic heterocycles. The molecular formula is C23H25N3O. The summed E-state index contributed by atoms with van der Waals surface area (Å²) in [5.41, 5.74) is 4.72. The first kappa shape index (κ1) is 17.5. The third-order valence-corrected chi connectivity index (χ3v) is 5.37. The van der Waals surface area contributed by atoms with Crippen LogP contribution in [0.2, 0.25) is 0 Å². The Morgan fingerprint density at radius 2 is 1.81 bits per heavy atom. The molecule has 27 heavy (non-hydrogen) atoms. The summed E-state index contributed by atoms with van der Waals surface area (Å²) in [6.07, 6.45) is 8.19. The van der Waals surface area contributed by atoms with Gasteiger partial charge in [0.25, 0.3) is 0 Å². The largest absolute Gasteiger partial charge is 0.352 e. The summed E-state index contributed by atoms with van der Waals surface area (Å²) in [5.74, 6) is 0.413. The van der Waals surface area contributed by atoms with Crippen molar-refractivity contribution in [3.8, 4) is 11.1 Å². The molecular weight excluding hydrogens is 334 g/mol. The minimum absolute atomic E-state index is 0.205. The summed E-state index contributed by atoms with van der Waals surface area (Å²) in [6.45, 7) is 1.35. The van der Waals surface area contributed by atoms with Gasteiger partial charge < -0.3 is 5.32 Å². The Bertz CT molecular complexity index is 878. The summed E-state index contributed by atoms with van der Waals surface area (Å²) in [5, 5.41) is 7.40. The fraction of sp³-hybridized carbons (Fsp3) is 0.304. The molecule has 138 valence electrons. The first-order valence-electron chi connectivity index (χ1n) is 9.72. The predicted octanol–water partition coefficient (Wildman–Crippen LogP) is 4.40. The van der Waals surface area contributed by atoms with Crippen molar-refractivity contribution < 1.29 is 4.79 Å². The van der Waals surface area contributed by atoms with Crippen LogP contribution in [0.1, 0.15) is 36.8 Å². The number of hydrogen-bond donors (Lipinski definition) is 1. The highest BCUT2D eigenvalue weighted by Gasteiger charge is 2.22. The average Bonchev–Trinajstić information content (AvgIpc) is 3.41. The van der Waals surface area contributed by atoms with E-state index in [9.17, 15) is 4.79 Å². The van der Waals surface area contributed by atoms with E-state index in [0.717, 1.165) is 24.9 Å². The molecule has 1 fully saturated rings. The summed E-state index contributed by atoms with van der Waals surface area (Å²) in [7, 11) is 0. The van der Waals surface area contributed by atoms with Crippen LogP contribution in [0.25, 0.3) is 11.1 Å². The molecule has 0 spiro atoms. The Kier molecular flexibility index (Phi) is 5.33. The summed E-state index contributed by atoms with van der Waals surface area (Å²) >= 11 is 0. The molecule has 2 aromatic carbocycles. The van der Waals surface area contributed by atoms with Crippen molar-refractivity contribution >= 4 is 5.91 Å². The lowest BCUT2D eigenvalue weighted by molar-refractivity contribution is -0.124. The molecule has 4 heteroatoms. The van der Waals surface area contributed by atoms with Crippen LogP contribution < -0.4 is 5.32 Å². The zero-order valence-corrected chi connectivity index (χ0v) is 15.5. The SMILES string of the molecule is O=C(NCc1ccccc1-c1ccc(Cn2cccn2)cc1)C1CCCC1. The minimum atomic E-state index is 0.205. The number of carbonyl (C=O) groups excluding carboxylic acids is 1. The van der Waals surface area contributed by atoms with Crippen molar-refractivity contribution in [1.29, 1.82) is 0 Å². The van der Waals surface area contributed by atoms with Gasteiger partial charge in [-0.25, -0.2) is 0 Å². The summed E-state index contributed by atoms with van der Waals surface area (Å²) in [6, 6.07) is 18.8. The number of carbonyl (C=O) groups is 1. The molecule has 0 bridgehead atoms. The topological polar surface area (TPSA) is 46.9 Å². The van der Waals surface area contributed by atoms with Gasteiger partial charge in [0.05, 0.1) is 6.54 Å². The van der Waals surface area contributed by atoms with Crippen LogP contribution in [0.5, 0.6) is 0 Å². The summed E-state index contributed by atoms with van der Waals surface area (Å²) < 4.78 is 1.92. The van der Waals surface area contributed by atoms with Crippen LogP contribution in [0, 0.1) is 5.92 Å². The van der Waals surface area contributed by atoms with Gasteiger partial charge in [0.1, 0.15) is 0 Å². The first-order chi connectivity index (χ1) is 13.3. The molecule has 4 rings (SSSR count). The Hall–Kier alpha value is -2.88. The first-order valence-corrected chi connectivity index (χ1v) is 9.72. The number of nitrogens with one attached hydrogen (secondary N) is 1. The maximum Gasteiger partial charge on any atom is 0.223 e. The van der Waals surface area contributed by atoms with Gasteiger partial charge >= 0.3 is 0 Å². The fourth-order valence-electron chi connectivity index (χ4n) is 3.84. The molecule has 1 aliphatic carbocycles. The number of benzene rings is 2. The Labute approximate surface area is 160 Å². The Morgan fingerprint density at radius 1 is 1.04 bits per heavy atom. The van der Waals surface area contributed by atoms with E-state index < -0.39 is 0 Å². The van der Waals surface area contributed by atoms with Gasteiger partial charge in [-0.2, -0.15) is 5.10 Å². The number of amides is 1. The fourth-order valence-corrected chi connectivity index (χ4v) is 3.84. The van der Waals surface area contributed by atoms with Crippen LogP contribution >= 0.6 is 0 Å². The number of rotatable bonds is 6.